The zero-order valence-electron chi connectivity index (χ0n) is 11.0. The summed E-state index contributed by atoms with van der Waals surface area (Å²) in [5, 5.41) is 0. The van der Waals surface area contributed by atoms with E-state index in [1.807, 2.05) is 19.2 Å². The van der Waals surface area contributed by atoms with Crippen molar-refractivity contribution >= 4 is 11.6 Å². The summed E-state index contributed by atoms with van der Waals surface area (Å²) in [6, 6.07) is 0. The minimum absolute atomic E-state index is 0.676. The molecule has 0 saturated carbocycles. The Bertz CT molecular complexity index is 576. The lowest BCUT2D eigenvalue weighted by Crippen LogP contribution is -1.96. The summed E-state index contributed by atoms with van der Waals surface area (Å²) < 4.78 is 7.28. The zero-order valence-corrected chi connectivity index (χ0v) is 11.0. The van der Waals surface area contributed by atoms with Crippen molar-refractivity contribution in [3.63, 3.8) is 0 Å². The lowest BCUT2D eigenvalue weighted by atomic mass is 10.2. The number of hydrogen-bond donors (Lipinski definition) is 0. The summed E-state index contributed by atoms with van der Waals surface area (Å²) in [6.07, 6.45) is 7.83. The van der Waals surface area contributed by atoms with Gasteiger partial charge in [-0.2, -0.15) is 0 Å². The number of imidazole rings is 1. The van der Waals surface area contributed by atoms with E-state index < -0.39 is 0 Å². The van der Waals surface area contributed by atoms with E-state index in [0.717, 1.165) is 29.2 Å². The largest absolute Gasteiger partial charge is 0.444 e. The predicted molar refractivity (Wildman–Crippen MR) is 71.9 cm³/mol. The van der Waals surface area contributed by atoms with Crippen LogP contribution in [0.15, 0.2) is 29.7 Å². The number of aryl methyl sites for hydroxylation is 1. The van der Waals surface area contributed by atoms with Crippen LogP contribution in [0.2, 0.25) is 0 Å². The SMILES string of the molecule is C=C(/C=C\c1nc(CC)n(C)c1C)c1cnco1. The average molecular weight is 243 g/mol. The molecule has 2 rings (SSSR count). The van der Waals surface area contributed by atoms with Gasteiger partial charge in [-0.3, -0.25) is 0 Å². The molecule has 0 aliphatic rings. The molecule has 4 nitrogen and oxygen atoms in total. The van der Waals surface area contributed by atoms with Crippen LogP contribution in [0.1, 0.15) is 29.9 Å². The maximum atomic E-state index is 5.18. The molecule has 2 heterocycles. The topological polar surface area (TPSA) is 43.9 Å². The van der Waals surface area contributed by atoms with Gasteiger partial charge in [-0.05, 0) is 19.1 Å². The first-order valence-electron chi connectivity index (χ1n) is 5.91. The molecular weight excluding hydrogens is 226 g/mol. The van der Waals surface area contributed by atoms with E-state index in [-0.39, 0.29) is 0 Å². The van der Waals surface area contributed by atoms with Crippen molar-refractivity contribution in [2.75, 3.05) is 0 Å². The Hall–Kier alpha value is -2.10. The number of allylic oxidation sites excluding steroid dienone is 2. The number of oxazole rings is 1. The quantitative estimate of drug-likeness (QED) is 0.775. The second-order valence-electron chi connectivity index (χ2n) is 4.14. The molecule has 0 unspecified atom stereocenters. The van der Waals surface area contributed by atoms with Gasteiger partial charge in [0.15, 0.2) is 12.2 Å². The molecule has 18 heavy (non-hydrogen) atoms. The number of aromatic nitrogens is 3. The van der Waals surface area contributed by atoms with Crippen LogP contribution >= 0.6 is 0 Å². The molecule has 0 radical (unpaired) electrons. The van der Waals surface area contributed by atoms with E-state index in [0.29, 0.717) is 5.76 Å². The monoisotopic (exact) mass is 243 g/mol. The van der Waals surface area contributed by atoms with Crippen LogP contribution in [0.4, 0.5) is 0 Å². The molecule has 0 aromatic carbocycles. The fourth-order valence-electron chi connectivity index (χ4n) is 1.77. The lowest BCUT2D eigenvalue weighted by molar-refractivity contribution is 0.546. The summed E-state index contributed by atoms with van der Waals surface area (Å²) in [4.78, 5) is 8.44. The Labute approximate surface area is 107 Å². The van der Waals surface area contributed by atoms with Crippen LogP contribution < -0.4 is 0 Å². The highest BCUT2D eigenvalue weighted by atomic mass is 16.3. The van der Waals surface area contributed by atoms with Gasteiger partial charge in [0.1, 0.15) is 5.82 Å². The van der Waals surface area contributed by atoms with Gasteiger partial charge in [0, 0.05) is 24.7 Å². The highest BCUT2D eigenvalue weighted by Crippen LogP contribution is 2.16. The fourth-order valence-corrected chi connectivity index (χ4v) is 1.77. The standard InChI is InChI=1S/C14H17N3O/c1-5-14-16-12(11(3)17(14)4)7-6-10(2)13-8-15-9-18-13/h6-9H,2,5H2,1,3-4H3/b7-6-. The third-order valence-corrected chi connectivity index (χ3v) is 3.02. The molecule has 0 saturated heterocycles. The van der Waals surface area contributed by atoms with Crippen molar-refractivity contribution in [3.05, 3.63) is 48.2 Å². The third kappa shape index (κ3) is 2.27. The van der Waals surface area contributed by atoms with Crippen molar-refractivity contribution in [1.29, 1.82) is 0 Å². The van der Waals surface area contributed by atoms with Crippen molar-refractivity contribution in [2.45, 2.75) is 20.3 Å². The molecule has 0 fully saturated rings. The minimum atomic E-state index is 0.676. The second-order valence-corrected chi connectivity index (χ2v) is 4.14. The van der Waals surface area contributed by atoms with Crippen LogP contribution in [0, 0.1) is 6.92 Å². The maximum absolute atomic E-state index is 5.18. The zero-order chi connectivity index (χ0) is 13.1. The van der Waals surface area contributed by atoms with Crippen LogP contribution in [-0.2, 0) is 13.5 Å². The van der Waals surface area contributed by atoms with E-state index >= 15 is 0 Å². The van der Waals surface area contributed by atoms with Crippen molar-refractivity contribution in [2.24, 2.45) is 7.05 Å². The summed E-state index contributed by atoms with van der Waals surface area (Å²) in [5.41, 5.74) is 2.90. The van der Waals surface area contributed by atoms with Gasteiger partial charge in [-0.15, -0.1) is 0 Å². The molecule has 0 aliphatic carbocycles. The highest BCUT2D eigenvalue weighted by molar-refractivity contribution is 5.74. The lowest BCUT2D eigenvalue weighted by Gasteiger charge is -1.98. The second kappa shape index (κ2) is 5.04. The Kier molecular flexibility index (Phi) is 3.46. The Morgan fingerprint density at radius 1 is 1.56 bits per heavy atom. The molecule has 0 spiro atoms. The molecule has 2 aromatic heterocycles. The van der Waals surface area contributed by atoms with E-state index in [9.17, 15) is 0 Å². The van der Waals surface area contributed by atoms with Gasteiger partial charge < -0.3 is 8.98 Å². The van der Waals surface area contributed by atoms with Gasteiger partial charge in [0.25, 0.3) is 0 Å². The van der Waals surface area contributed by atoms with Crippen molar-refractivity contribution in [3.8, 4) is 0 Å². The minimum Gasteiger partial charge on any atom is -0.444 e. The van der Waals surface area contributed by atoms with Crippen LogP contribution in [0.5, 0.6) is 0 Å². The summed E-state index contributed by atoms with van der Waals surface area (Å²) in [7, 11) is 2.03. The molecular formula is C14H17N3O. The first kappa shape index (κ1) is 12.4. The normalized spacial score (nSPS) is 11.3. The first-order valence-corrected chi connectivity index (χ1v) is 5.91. The van der Waals surface area contributed by atoms with Gasteiger partial charge in [-0.1, -0.05) is 13.5 Å². The number of hydrogen-bond acceptors (Lipinski definition) is 3. The van der Waals surface area contributed by atoms with E-state index in [2.05, 4.69) is 35.0 Å². The molecule has 0 bridgehead atoms. The molecule has 0 atom stereocenters. The Morgan fingerprint density at radius 2 is 2.33 bits per heavy atom. The molecule has 0 N–H and O–H groups in total. The van der Waals surface area contributed by atoms with Crippen LogP contribution in [0.3, 0.4) is 0 Å². The van der Waals surface area contributed by atoms with E-state index in [1.54, 1.807) is 6.20 Å². The van der Waals surface area contributed by atoms with Crippen molar-refractivity contribution < 1.29 is 4.42 Å². The van der Waals surface area contributed by atoms with E-state index in [1.165, 1.54) is 6.39 Å². The predicted octanol–water partition coefficient (Wildman–Crippen LogP) is 3.01. The van der Waals surface area contributed by atoms with Gasteiger partial charge >= 0.3 is 0 Å². The smallest absolute Gasteiger partial charge is 0.181 e. The summed E-state index contributed by atoms with van der Waals surface area (Å²) >= 11 is 0. The van der Waals surface area contributed by atoms with Gasteiger partial charge in [0.05, 0.1) is 11.9 Å². The van der Waals surface area contributed by atoms with E-state index in [4.69, 9.17) is 4.42 Å². The first-order chi connectivity index (χ1) is 8.63. The average Bonchev–Trinajstić information content (AvgIpc) is 2.98. The van der Waals surface area contributed by atoms with Gasteiger partial charge in [-0.25, -0.2) is 9.97 Å². The summed E-state index contributed by atoms with van der Waals surface area (Å²) in [5.74, 6) is 1.76. The molecule has 2 aromatic rings. The molecule has 0 aliphatic heterocycles. The number of rotatable bonds is 4. The van der Waals surface area contributed by atoms with Crippen molar-refractivity contribution in [1.82, 2.24) is 14.5 Å². The third-order valence-electron chi connectivity index (χ3n) is 3.02. The van der Waals surface area contributed by atoms with Crippen LogP contribution in [-0.4, -0.2) is 14.5 Å². The molecule has 0 amide bonds. The van der Waals surface area contributed by atoms with Crippen LogP contribution in [0.25, 0.3) is 11.6 Å². The number of nitrogens with zero attached hydrogens (tertiary/aromatic N) is 3. The van der Waals surface area contributed by atoms with Gasteiger partial charge in [0.2, 0.25) is 0 Å². The Morgan fingerprint density at radius 3 is 2.89 bits per heavy atom. The molecule has 4 heteroatoms. The molecule has 94 valence electrons. The fraction of sp³-hybridized carbons (Fsp3) is 0.286. The Balaban J connectivity index is 2.22. The highest BCUT2D eigenvalue weighted by Gasteiger charge is 2.07. The summed E-state index contributed by atoms with van der Waals surface area (Å²) in [6.45, 7) is 8.09. The maximum Gasteiger partial charge on any atom is 0.181 e.